The fraction of sp³-hybridized carbons (Fsp3) is 0.500. The Labute approximate surface area is 106 Å². The molecule has 4 N–H and O–H groups in total. The van der Waals surface area contributed by atoms with Crippen LogP contribution in [0, 0.1) is 5.92 Å². The number of nitrogen functional groups attached to an aromatic ring is 1. The molecule has 1 aliphatic heterocycles. The smallest absolute Gasteiger partial charge is 0.254 e. The van der Waals surface area contributed by atoms with Crippen molar-refractivity contribution >= 4 is 11.7 Å². The first kappa shape index (κ1) is 12.8. The van der Waals surface area contributed by atoms with E-state index in [0.717, 1.165) is 6.42 Å². The average Bonchev–Trinajstić information content (AvgIpc) is 2.79. The summed E-state index contributed by atoms with van der Waals surface area (Å²) in [5.74, 6) is 5.96. The average molecular weight is 250 g/mol. The zero-order chi connectivity index (χ0) is 13.1. The van der Waals surface area contributed by atoms with Gasteiger partial charge in [-0.25, -0.2) is 10.8 Å². The van der Waals surface area contributed by atoms with Crippen LogP contribution in [0.2, 0.25) is 0 Å². The number of carbonyl (C=O) groups is 1. The number of nitrogens with two attached hydrogens (primary N) is 1. The lowest BCUT2D eigenvalue weighted by Crippen LogP contribution is -2.39. The zero-order valence-corrected chi connectivity index (χ0v) is 10.3. The third-order valence-corrected chi connectivity index (χ3v) is 3.49. The highest BCUT2D eigenvalue weighted by molar-refractivity contribution is 5.95. The van der Waals surface area contributed by atoms with Gasteiger partial charge in [0.25, 0.3) is 5.91 Å². The number of pyridine rings is 1. The van der Waals surface area contributed by atoms with Crippen molar-refractivity contribution in [3.05, 3.63) is 23.9 Å². The van der Waals surface area contributed by atoms with Crippen LogP contribution in [-0.4, -0.2) is 40.1 Å². The number of amides is 1. The fourth-order valence-electron chi connectivity index (χ4n) is 2.35. The van der Waals surface area contributed by atoms with Crippen LogP contribution >= 0.6 is 0 Å². The number of hydrazine groups is 1. The minimum Gasteiger partial charge on any atom is -0.394 e. The van der Waals surface area contributed by atoms with Gasteiger partial charge in [-0.1, -0.05) is 6.92 Å². The number of carbonyl (C=O) groups excluding carboxylic acids is 1. The summed E-state index contributed by atoms with van der Waals surface area (Å²) in [6, 6.07) is 3.17. The summed E-state index contributed by atoms with van der Waals surface area (Å²) in [6.45, 7) is 2.73. The molecular formula is C12H18N4O2. The summed E-state index contributed by atoms with van der Waals surface area (Å²) in [6.07, 6.45) is 2.46. The summed E-state index contributed by atoms with van der Waals surface area (Å²) in [5.41, 5.74) is 2.95. The molecule has 0 aromatic carbocycles. The van der Waals surface area contributed by atoms with Crippen molar-refractivity contribution < 1.29 is 9.90 Å². The molecule has 1 saturated heterocycles. The van der Waals surface area contributed by atoms with E-state index in [1.165, 1.54) is 6.20 Å². The molecule has 18 heavy (non-hydrogen) atoms. The number of aromatic nitrogens is 1. The number of aliphatic hydroxyl groups is 1. The van der Waals surface area contributed by atoms with Crippen LogP contribution in [0.3, 0.4) is 0 Å². The second-order valence-electron chi connectivity index (χ2n) is 4.59. The SMILES string of the molecule is CC1CCN(C(=O)c2ccnc(NN)c2)C1CO. The highest BCUT2D eigenvalue weighted by Gasteiger charge is 2.34. The summed E-state index contributed by atoms with van der Waals surface area (Å²) < 4.78 is 0. The molecule has 0 radical (unpaired) electrons. The molecule has 1 aromatic rings. The van der Waals surface area contributed by atoms with Gasteiger partial charge in [0.15, 0.2) is 0 Å². The van der Waals surface area contributed by atoms with Gasteiger partial charge < -0.3 is 15.4 Å². The molecule has 1 fully saturated rings. The normalized spacial score (nSPS) is 23.2. The Balaban J connectivity index is 2.20. The molecule has 2 rings (SSSR count). The van der Waals surface area contributed by atoms with Crippen molar-refractivity contribution in [1.29, 1.82) is 0 Å². The summed E-state index contributed by atoms with van der Waals surface area (Å²) >= 11 is 0. The third kappa shape index (κ3) is 2.30. The Morgan fingerprint density at radius 2 is 2.50 bits per heavy atom. The van der Waals surface area contributed by atoms with Crippen molar-refractivity contribution in [3.63, 3.8) is 0 Å². The molecule has 2 unspecified atom stereocenters. The number of likely N-dealkylation sites (tertiary alicyclic amines) is 1. The predicted octanol–water partition coefficient (Wildman–Crippen LogP) is 0.210. The van der Waals surface area contributed by atoms with Gasteiger partial charge in [0, 0.05) is 18.3 Å². The van der Waals surface area contributed by atoms with Crippen molar-refractivity contribution in [3.8, 4) is 0 Å². The van der Waals surface area contributed by atoms with E-state index >= 15 is 0 Å². The van der Waals surface area contributed by atoms with Crippen LogP contribution in [-0.2, 0) is 0 Å². The topological polar surface area (TPSA) is 91.5 Å². The van der Waals surface area contributed by atoms with Crippen molar-refractivity contribution in [1.82, 2.24) is 9.88 Å². The van der Waals surface area contributed by atoms with Crippen LogP contribution in [0.4, 0.5) is 5.82 Å². The second kappa shape index (κ2) is 5.32. The Hall–Kier alpha value is -1.66. The summed E-state index contributed by atoms with van der Waals surface area (Å²) in [5, 5.41) is 9.36. The van der Waals surface area contributed by atoms with Crippen molar-refractivity contribution in [2.75, 3.05) is 18.6 Å². The van der Waals surface area contributed by atoms with E-state index < -0.39 is 0 Å². The van der Waals surface area contributed by atoms with Gasteiger partial charge in [0.05, 0.1) is 12.6 Å². The number of hydrogen-bond acceptors (Lipinski definition) is 5. The maximum absolute atomic E-state index is 12.3. The number of nitrogens with one attached hydrogen (secondary N) is 1. The van der Waals surface area contributed by atoms with E-state index in [0.29, 0.717) is 23.8 Å². The van der Waals surface area contributed by atoms with E-state index in [4.69, 9.17) is 5.84 Å². The Morgan fingerprint density at radius 3 is 3.17 bits per heavy atom. The minimum absolute atomic E-state index is 0.0000136. The number of hydrogen-bond donors (Lipinski definition) is 3. The number of aliphatic hydroxyl groups excluding tert-OH is 1. The van der Waals surface area contributed by atoms with Crippen molar-refractivity contribution in [2.24, 2.45) is 11.8 Å². The number of anilines is 1. The molecule has 0 bridgehead atoms. The molecule has 1 aliphatic rings. The largest absolute Gasteiger partial charge is 0.394 e. The minimum atomic E-state index is -0.0973. The van der Waals surface area contributed by atoms with Gasteiger partial charge in [-0.15, -0.1) is 0 Å². The van der Waals surface area contributed by atoms with E-state index in [2.05, 4.69) is 10.4 Å². The zero-order valence-electron chi connectivity index (χ0n) is 10.3. The van der Waals surface area contributed by atoms with E-state index in [1.54, 1.807) is 17.0 Å². The third-order valence-electron chi connectivity index (χ3n) is 3.49. The first-order valence-electron chi connectivity index (χ1n) is 6.02. The Morgan fingerprint density at radius 1 is 1.72 bits per heavy atom. The molecule has 0 spiro atoms. The van der Waals surface area contributed by atoms with E-state index in [-0.39, 0.29) is 18.6 Å². The van der Waals surface area contributed by atoms with Gasteiger partial charge in [0.2, 0.25) is 0 Å². The van der Waals surface area contributed by atoms with Gasteiger partial charge in [-0.3, -0.25) is 4.79 Å². The standard InChI is InChI=1S/C12H18N4O2/c1-8-3-5-16(10(8)7-17)12(18)9-2-4-14-11(6-9)15-13/h2,4,6,8,10,17H,3,5,7,13H2,1H3,(H,14,15). The lowest BCUT2D eigenvalue weighted by molar-refractivity contribution is 0.0648. The molecule has 2 heterocycles. The second-order valence-corrected chi connectivity index (χ2v) is 4.59. The quantitative estimate of drug-likeness (QED) is 0.527. The molecule has 0 aliphatic carbocycles. The molecule has 2 atom stereocenters. The maximum atomic E-state index is 12.3. The highest BCUT2D eigenvalue weighted by Crippen LogP contribution is 2.25. The number of rotatable bonds is 3. The molecule has 0 saturated carbocycles. The Kier molecular flexibility index (Phi) is 3.78. The Bertz CT molecular complexity index is 438. The monoisotopic (exact) mass is 250 g/mol. The molecule has 1 amide bonds. The van der Waals surface area contributed by atoms with E-state index in [9.17, 15) is 9.90 Å². The lowest BCUT2D eigenvalue weighted by atomic mass is 10.0. The van der Waals surface area contributed by atoms with Crippen LogP contribution in [0.15, 0.2) is 18.3 Å². The van der Waals surface area contributed by atoms with Gasteiger partial charge in [-0.2, -0.15) is 0 Å². The van der Waals surface area contributed by atoms with Crippen LogP contribution in [0.25, 0.3) is 0 Å². The molecule has 6 nitrogen and oxygen atoms in total. The fourth-order valence-corrected chi connectivity index (χ4v) is 2.35. The maximum Gasteiger partial charge on any atom is 0.254 e. The van der Waals surface area contributed by atoms with Crippen molar-refractivity contribution in [2.45, 2.75) is 19.4 Å². The van der Waals surface area contributed by atoms with Crippen LogP contribution < -0.4 is 11.3 Å². The summed E-state index contributed by atoms with van der Waals surface area (Å²) in [7, 11) is 0. The van der Waals surface area contributed by atoms with Crippen LogP contribution in [0.5, 0.6) is 0 Å². The molecule has 6 heteroatoms. The van der Waals surface area contributed by atoms with Gasteiger partial charge in [-0.05, 0) is 24.5 Å². The molecule has 1 aromatic heterocycles. The van der Waals surface area contributed by atoms with Crippen LogP contribution in [0.1, 0.15) is 23.7 Å². The molecule has 98 valence electrons. The summed E-state index contributed by atoms with van der Waals surface area (Å²) in [4.78, 5) is 18.0. The predicted molar refractivity (Wildman–Crippen MR) is 67.7 cm³/mol. The first-order chi connectivity index (χ1) is 8.67. The van der Waals surface area contributed by atoms with E-state index in [1.807, 2.05) is 6.92 Å². The molecular weight excluding hydrogens is 232 g/mol. The number of nitrogens with zero attached hydrogens (tertiary/aromatic N) is 2. The lowest BCUT2D eigenvalue weighted by Gasteiger charge is -2.25. The first-order valence-corrected chi connectivity index (χ1v) is 6.02. The highest BCUT2D eigenvalue weighted by atomic mass is 16.3. The van der Waals surface area contributed by atoms with Gasteiger partial charge in [0.1, 0.15) is 5.82 Å². The van der Waals surface area contributed by atoms with Gasteiger partial charge >= 0.3 is 0 Å².